The monoisotopic (exact) mass is 642 g/mol. The summed E-state index contributed by atoms with van der Waals surface area (Å²) in [5, 5.41) is 17.2. The lowest BCUT2D eigenvalue weighted by Gasteiger charge is -2.33. The Morgan fingerprint density at radius 1 is 1.11 bits per heavy atom. The molecule has 7 heterocycles. The number of imidazole rings is 1. The van der Waals surface area contributed by atoms with E-state index in [1.54, 1.807) is 18.3 Å². The van der Waals surface area contributed by atoms with Gasteiger partial charge in [-0.25, -0.2) is 4.98 Å². The van der Waals surface area contributed by atoms with Crippen molar-refractivity contribution in [1.29, 1.82) is 0 Å². The summed E-state index contributed by atoms with van der Waals surface area (Å²) in [6.07, 6.45) is 4.63. The summed E-state index contributed by atoms with van der Waals surface area (Å²) in [4.78, 5) is 26.1. The van der Waals surface area contributed by atoms with Gasteiger partial charge in [0, 0.05) is 25.3 Å². The molecular formula is C31H31ClN10O4. The second-order valence-corrected chi connectivity index (χ2v) is 12.4. The van der Waals surface area contributed by atoms with Crippen molar-refractivity contribution in [2.45, 2.75) is 57.1 Å². The Morgan fingerprint density at radius 2 is 1.96 bits per heavy atom. The van der Waals surface area contributed by atoms with Gasteiger partial charge < -0.3 is 29.5 Å². The maximum absolute atomic E-state index is 11.5. The van der Waals surface area contributed by atoms with E-state index in [9.17, 15) is 4.79 Å². The number of carbonyl (C=O) groups excluding carboxylic acids is 1. The van der Waals surface area contributed by atoms with Gasteiger partial charge in [-0.2, -0.15) is 0 Å². The lowest BCUT2D eigenvalue weighted by atomic mass is 9.88. The lowest BCUT2D eigenvalue weighted by molar-refractivity contribution is -0.0722. The first-order valence-electron chi connectivity index (χ1n) is 15.3. The van der Waals surface area contributed by atoms with Gasteiger partial charge in [-0.1, -0.05) is 23.7 Å². The van der Waals surface area contributed by atoms with Crippen LogP contribution in [0.25, 0.3) is 22.7 Å². The van der Waals surface area contributed by atoms with E-state index in [1.165, 1.54) is 0 Å². The maximum atomic E-state index is 11.5. The van der Waals surface area contributed by atoms with Crippen LogP contribution in [0.4, 0.5) is 0 Å². The number of carbonyl (C=O) groups is 1. The molecule has 0 radical (unpaired) electrons. The molecule has 0 saturated carbocycles. The Kier molecular flexibility index (Phi) is 7.07. The highest BCUT2D eigenvalue weighted by atomic mass is 35.5. The molecule has 2 fully saturated rings. The number of fused-ring (bicyclic) bond motifs is 2. The minimum absolute atomic E-state index is 0.0409. The van der Waals surface area contributed by atoms with Crippen molar-refractivity contribution in [3.63, 3.8) is 0 Å². The number of hydrogen-bond donors (Lipinski definition) is 2. The minimum atomic E-state index is -1.02. The van der Waals surface area contributed by atoms with Crippen LogP contribution in [0.3, 0.4) is 0 Å². The average molecular weight is 643 g/mol. The number of hydrogen-bond acceptors (Lipinski definition) is 11. The Bertz CT molecular complexity index is 1930. The average Bonchev–Trinajstić information content (AvgIpc) is 3.75. The zero-order valence-corrected chi connectivity index (χ0v) is 25.8. The van der Waals surface area contributed by atoms with Crippen LogP contribution >= 0.6 is 11.6 Å². The number of aromatic amines is 1. The Labute approximate surface area is 268 Å². The van der Waals surface area contributed by atoms with Crippen LogP contribution in [0, 0.1) is 0 Å². The van der Waals surface area contributed by atoms with Gasteiger partial charge in [0.15, 0.2) is 23.0 Å². The fraction of sp³-hybridized carbons (Fsp3) is 0.387. The van der Waals surface area contributed by atoms with Crippen LogP contribution in [-0.4, -0.2) is 76.5 Å². The number of piperidine rings is 1. The highest BCUT2D eigenvalue weighted by Crippen LogP contribution is 2.49. The summed E-state index contributed by atoms with van der Waals surface area (Å²) >= 11 is 6.06. The Hall–Kier alpha value is -4.66. The predicted octanol–water partition coefficient (Wildman–Crippen LogP) is 3.57. The summed E-state index contributed by atoms with van der Waals surface area (Å²) in [7, 11) is 0. The highest BCUT2D eigenvalue weighted by Gasteiger charge is 2.42. The molecule has 46 heavy (non-hydrogen) atoms. The molecule has 0 aliphatic carbocycles. The van der Waals surface area contributed by atoms with Crippen LogP contribution in [-0.2, 0) is 23.6 Å². The first-order chi connectivity index (χ1) is 22.3. The van der Waals surface area contributed by atoms with E-state index >= 15 is 0 Å². The first-order valence-corrected chi connectivity index (χ1v) is 15.6. The van der Waals surface area contributed by atoms with Crippen LogP contribution < -0.4 is 15.2 Å². The molecule has 236 valence electrons. The second-order valence-electron chi connectivity index (χ2n) is 12.0. The SMILES string of the molecule is C[C@@]1(c2ccc(Cl)cn2)Oc2cccc(C3CCN(Cc4nc5cc(-c6nnc(C(N)=O)[nH]6)nnc5n4C[C@@H]4CCO4)CC3)c2O1. The largest absolute Gasteiger partial charge is 0.443 e. The van der Waals surface area contributed by atoms with Crippen molar-refractivity contribution in [3.05, 3.63) is 70.5 Å². The molecule has 15 heteroatoms. The molecule has 8 rings (SSSR count). The molecule has 3 N–H and O–H groups in total. The molecule has 2 saturated heterocycles. The number of halogens is 1. The molecule has 5 aromatic rings. The third-order valence-electron chi connectivity index (χ3n) is 8.91. The molecule has 2 atom stereocenters. The van der Waals surface area contributed by atoms with Gasteiger partial charge in [0.2, 0.25) is 5.82 Å². The normalized spacial score (nSPS) is 21.5. The number of aromatic nitrogens is 8. The predicted molar refractivity (Wildman–Crippen MR) is 165 cm³/mol. The molecule has 0 unspecified atom stereocenters. The molecule has 1 amide bonds. The topological polar surface area (TPSA) is 172 Å². The minimum Gasteiger partial charge on any atom is -0.443 e. The highest BCUT2D eigenvalue weighted by molar-refractivity contribution is 6.30. The van der Waals surface area contributed by atoms with Gasteiger partial charge in [-0.3, -0.25) is 14.7 Å². The van der Waals surface area contributed by atoms with Crippen LogP contribution in [0.5, 0.6) is 11.5 Å². The molecule has 0 spiro atoms. The number of pyridine rings is 1. The number of ether oxygens (including phenoxy) is 3. The van der Waals surface area contributed by atoms with Gasteiger partial charge in [0.1, 0.15) is 22.7 Å². The number of nitrogens with zero attached hydrogens (tertiary/aromatic N) is 8. The molecule has 14 nitrogen and oxygen atoms in total. The third-order valence-corrected chi connectivity index (χ3v) is 9.13. The van der Waals surface area contributed by atoms with Crippen LogP contribution in [0.15, 0.2) is 42.6 Å². The van der Waals surface area contributed by atoms with Gasteiger partial charge in [0.25, 0.3) is 11.7 Å². The molecule has 3 aliphatic rings. The summed E-state index contributed by atoms with van der Waals surface area (Å²) in [6, 6.07) is 11.5. The van der Waals surface area contributed by atoms with E-state index in [2.05, 4.69) is 45.9 Å². The number of rotatable bonds is 8. The number of nitrogens with two attached hydrogens (primary N) is 1. The number of H-pyrrole nitrogens is 1. The first kappa shape index (κ1) is 28.8. The van der Waals surface area contributed by atoms with E-state index in [4.69, 9.17) is 36.5 Å². The van der Waals surface area contributed by atoms with Crippen molar-refractivity contribution < 1.29 is 19.0 Å². The summed E-state index contributed by atoms with van der Waals surface area (Å²) in [6.45, 7) is 5.73. The van der Waals surface area contributed by atoms with Crippen molar-refractivity contribution in [2.24, 2.45) is 5.73 Å². The smallest absolute Gasteiger partial charge is 0.292 e. The quantitative estimate of drug-likeness (QED) is 0.253. The molecule has 4 aromatic heterocycles. The van der Waals surface area contributed by atoms with Crippen molar-refractivity contribution in [2.75, 3.05) is 19.7 Å². The number of amides is 1. The van der Waals surface area contributed by atoms with Crippen LogP contribution in [0.1, 0.15) is 59.8 Å². The number of nitrogens with one attached hydrogen (secondary N) is 1. The zero-order valence-electron chi connectivity index (χ0n) is 25.0. The van der Waals surface area contributed by atoms with E-state index < -0.39 is 11.7 Å². The summed E-state index contributed by atoms with van der Waals surface area (Å²) in [5.74, 6) is 1.26. The Morgan fingerprint density at radius 3 is 2.67 bits per heavy atom. The van der Waals surface area contributed by atoms with Gasteiger partial charge in [-0.15, -0.1) is 20.4 Å². The summed E-state index contributed by atoms with van der Waals surface area (Å²) < 4.78 is 20.6. The van der Waals surface area contributed by atoms with E-state index in [-0.39, 0.29) is 11.9 Å². The Balaban J connectivity index is 0.996. The molecule has 0 bridgehead atoms. The van der Waals surface area contributed by atoms with Crippen molar-refractivity contribution in [3.8, 4) is 23.0 Å². The fourth-order valence-electron chi connectivity index (χ4n) is 6.34. The standard InChI is InChI=1S/C31H31ClN10O4/c1-31(24-6-5-18(32)14-34-24)45-23-4-2-3-20(26(23)46-31)17-7-10-41(11-8-17)16-25-35-22-13-21(28-36-29(27(33)43)39-38-28)37-40-30(22)42(25)15-19-9-12-44-19/h2-6,13-14,17,19H,7-12,15-16H2,1H3,(H2,33,43)(H,36,38,39)/t19-,31+/m0/s1. The zero-order chi connectivity index (χ0) is 31.4. The van der Waals surface area contributed by atoms with Gasteiger partial charge in [-0.05, 0) is 62.5 Å². The van der Waals surface area contributed by atoms with E-state index in [0.717, 1.165) is 61.8 Å². The summed E-state index contributed by atoms with van der Waals surface area (Å²) in [5.41, 5.74) is 8.91. The lowest BCUT2D eigenvalue weighted by Crippen LogP contribution is -2.35. The molecule has 1 aromatic carbocycles. The van der Waals surface area contributed by atoms with E-state index in [1.807, 2.05) is 25.1 Å². The van der Waals surface area contributed by atoms with E-state index in [0.29, 0.717) is 52.4 Å². The maximum Gasteiger partial charge on any atom is 0.292 e. The number of para-hydroxylation sites is 1. The number of likely N-dealkylation sites (tertiary alicyclic amines) is 1. The van der Waals surface area contributed by atoms with Crippen molar-refractivity contribution >= 4 is 28.7 Å². The van der Waals surface area contributed by atoms with Gasteiger partial charge in [0.05, 0.1) is 24.2 Å². The molecular weight excluding hydrogens is 612 g/mol. The van der Waals surface area contributed by atoms with Crippen molar-refractivity contribution in [1.82, 2.24) is 44.8 Å². The number of primary amides is 1. The fourth-order valence-corrected chi connectivity index (χ4v) is 6.45. The number of benzene rings is 1. The molecule has 3 aliphatic heterocycles. The third kappa shape index (κ3) is 5.21. The van der Waals surface area contributed by atoms with Gasteiger partial charge >= 0.3 is 0 Å². The second kappa shape index (κ2) is 11.3. The van der Waals surface area contributed by atoms with Crippen LogP contribution in [0.2, 0.25) is 5.02 Å².